The Morgan fingerprint density at radius 3 is 2.35 bits per heavy atom. The van der Waals surface area contributed by atoms with E-state index in [1.165, 1.54) is 0 Å². The first-order valence-corrected chi connectivity index (χ1v) is 8.67. The maximum Gasteiger partial charge on any atom is 0.150 e. The van der Waals surface area contributed by atoms with Crippen LogP contribution >= 0.6 is 0 Å². The van der Waals surface area contributed by atoms with Crippen LogP contribution in [-0.2, 0) is 9.84 Å². The minimum Gasteiger partial charge on any atom is -0.314 e. The zero-order chi connectivity index (χ0) is 13.3. The van der Waals surface area contributed by atoms with Gasteiger partial charge in [-0.2, -0.15) is 0 Å². The summed E-state index contributed by atoms with van der Waals surface area (Å²) in [5.74, 6) is 1.22. The van der Waals surface area contributed by atoms with E-state index in [4.69, 9.17) is 0 Å². The summed E-state index contributed by atoms with van der Waals surface area (Å²) in [7, 11) is -2.77. The van der Waals surface area contributed by atoms with Crippen LogP contribution in [0.1, 0.15) is 53.4 Å². The fraction of sp³-hybridized carbons (Fsp3) is 1.00. The van der Waals surface area contributed by atoms with E-state index < -0.39 is 9.84 Å². The van der Waals surface area contributed by atoms with Crippen LogP contribution in [0.3, 0.4) is 0 Å². The maximum absolute atomic E-state index is 11.3. The number of sulfone groups is 1. The lowest BCUT2D eigenvalue weighted by Crippen LogP contribution is -2.28. The van der Waals surface area contributed by atoms with Crippen molar-refractivity contribution in [2.75, 3.05) is 18.1 Å². The van der Waals surface area contributed by atoms with Crippen molar-refractivity contribution < 1.29 is 8.42 Å². The number of hydrogen-bond donors (Lipinski definition) is 1. The Morgan fingerprint density at radius 1 is 1.18 bits per heavy atom. The molecule has 0 aromatic heterocycles. The van der Waals surface area contributed by atoms with Gasteiger partial charge in [-0.25, -0.2) is 8.42 Å². The van der Waals surface area contributed by atoms with Gasteiger partial charge in [0.1, 0.15) is 9.84 Å². The third-order valence-corrected chi connectivity index (χ3v) is 4.88. The number of nitrogens with one attached hydrogen (secondary N) is 1. The van der Waals surface area contributed by atoms with Crippen LogP contribution in [-0.4, -0.2) is 32.5 Å². The van der Waals surface area contributed by atoms with E-state index in [0.717, 1.165) is 32.2 Å². The molecule has 2 unspecified atom stereocenters. The Morgan fingerprint density at radius 2 is 1.82 bits per heavy atom. The molecule has 0 bridgehead atoms. The first-order valence-electron chi connectivity index (χ1n) is 6.85. The molecule has 1 N–H and O–H groups in total. The van der Waals surface area contributed by atoms with Gasteiger partial charge in [-0.05, 0) is 45.1 Å². The van der Waals surface area contributed by atoms with Crippen LogP contribution in [0.15, 0.2) is 0 Å². The molecule has 0 aliphatic heterocycles. The fourth-order valence-electron chi connectivity index (χ4n) is 1.99. The van der Waals surface area contributed by atoms with E-state index in [2.05, 4.69) is 26.1 Å². The summed E-state index contributed by atoms with van der Waals surface area (Å²) < 4.78 is 22.7. The molecule has 104 valence electrons. The van der Waals surface area contributed by atoms with Crippen molar-refractivity contribution in [3.63, 3.8) is 0 Å². The highest BCUT2D eigenvalue weighted by Gasteiger charge is 2.11. The van der Waals surface area contributed by atoms with Gasteiger partial charge in [-0.15, -0.1) is 0 Å². The van der Waals surface area contributed by atoms with Crippen LogP contribution in [0.2, 0.25) is 0 Å². The van der Waals surface area contributed by atoms with Gasteiger partial charge < -0.3 is 5.32 Å². The van der Waals surface area contributed by atoms with Gasteiger partial charge in [0.15, 0.2) is 0 Å². The Balaban J connectivity index is 3.69. The minimum absolute atomic E-state index is 0.274. The normalized spacial score (nSPS) is 15.8. The molecule has 0 heterocycles. The summed E-state index contributed by atoms with van der Waals surface area (Å²) in [5, 5.41) is 3.46. The molecule has 0 spiro atoms. The summed E-state index contributed by atoms with van der Waals surface area (Å²) >= 11 is 0. The average molecular weight is 263 g/mol. The Kier molecular flexibility index (Phi) is 8.88. The molecule has 0 radical (unpaired) electrons. The van der Waals surface area contributed by atoms with Gasteiger partial charge in [0.25, 0.3) is 0 Å². The number of rotatable bonds is 10. The molecule has 0 fully saturated rings. The van der Waals surface area contributed by atoms with E-state index >= 15 is 0 Å². The molecule has 0 aliphatic rings. The van der Waals surface area contributed by atoms with E-state index in [0.29, 0.717) is 17.7 Å². The van der Waals surface area contributed by atoms with Crippen LogP contribution in [0.5, 0.6) is 0 Å². The van der Waals surface area contributed by atoms with Crippen molar-refractivity contribution >= 4 is 9.84 Å². The zero-order valence-electron chi connectivity index (χ0n) is 11.8. The molecule has 0 aromatic rings. The molecule has 0 saturated carbocycles. The Hall–Kier alpha value is -0.0900. The van der Waals surface area contributed by atoms with E-state index in [9.17, 15) is 8.42 Å². The van der Waals surface area contributed by atoms with Gasteiger partial charge in [0.05, 0.1) is 5.75 Å². The SMILES string of the molecule is CCCNC(C)CC(C)CCCS(=O)(=O)CC. The third-order valence-electron chi connectivity index (χ3n) is 3.09. The minimum atomic E-state index is -2.77. The summed E-state index contributed by atoms with van der Waals surface area (Å²) in [4.78, 5) is 0. The second kappa shape index (κ2) is 8.92. The standard InChI is InChI=1S/C13H29NO2S/c1-5-9-14-13(4)11-12(3)8-7-10-17(15,16)6-2/h12-14H,5-11H2,1-4H3. The zero-order valence-corrected chi connectivity index (χ0v) is 12.6. The molecule has 0 rings (SSSR count). The van der Waals surface area contributed by atoms with Crippen molar-refractivity contribution in [2.45, 2.75) is 59.4 Å². The maximum atomic E-state index is 11.3. The summed E-state index contributed by atoms with van der Waals surface area (Å²) in [6, 6.07) is 0.535. The smallest absolute Gasteiger partial charge is 0.150 e. The molecule has 3 nitrogen and oxygen atoms in total. The number of hydrogen-bond acceptors (Lipinski definition) is 3. The molecule has 0 saturated heterocycles. The van der Waals surface area contributed by atoms with E-state index in [1.807, 2.05) is 0 Å². The fourth-order valence-corrected chi connectivity index (χ4v) is 2.89. The van der Waals surface area contributed by atoms with Crippen molar-refractivity contribution in [1.29, 1.82) is 0 Å². The van der Waals surface area contributed by atoms with Gasteiger partial charge in [-0.3, -0.25) is 0 Å². The van der Waals surface area contributed by atoms with Crippen LogP contribution in [0.25, 0.3) is 0 Å². The van der Waals surface area contributed by atoms with Gasteiger partial charge in [-0.1, -0.05) is 20.8 Å². The van der Waals surface area contributed by atoms with Crippen molar-refractivity contribution in [3.05, 3.63) is 0 Å². The predicted molar refractivity (Wildman–Crippen MR) is 75.1 cm³/mol. The largest absolute Gasteiger partial charge is 0.314 e. The second-order valence-corrected chi connectivity index (χ2v) is 7.55. The van der Waals surface area contributed by atoms with Crippen molar-refractivity contribution in [1.82, 2.24) is 5.32 Å². The molecular weight excluding hydrogens is 234 g/mol. The average Bonchev–Trinajstić information content (AvgIpc) is 2.26. The molecule has 0 aromatic carbocycles. The molecule has 0 amide bonds. The topological polar surface area (TPSA) is 46.2 Å². The van der Waals surface area contributed by atoms with Crippen LogP contribution < -0.4 is 5.32 Å². The second-order valence-electron chi connectivity index (χ2n) is 5.07. The lowest BCUT2D eigenvalue weighted by molar-refractivity contribution is 0.400. The van der Waals surface area contributed by atoms with Crippen LogP contribution in [0.4, 0.5) is 0 Å². The highest BCUT2D eigenvalue weighted by molar-refractivity contribution is 7.91. The highest BCUT2D eigenvalue weighted by atomic mass is 32.2. The van der Waals surface area contributed by atoms with Crippen molar-refractivity contribution in [2.24, 2.45) is 5.92 Å². The molecule has 17 heavy (non-hydrogen) atoms. The molecule has 4 heteroatoms. The Labute approximate surface area is 107 Å². The first kappa shape index (κ1) is 16.9. The summed E-state index contributed by atoms with van der Waals surface area (Å²) in [6.07, 6.45) is 4.11. The highest BCUT2D eigenvalue weighted by Crippen LogP contribution is 2.13. The van der Waals surface area contributed by atoms with E-state index in [-0.39, 0.29) is 5.75 Å². The predicted octanol–water partition coefficient (Wildman–Crippen LogP) is 2.62. The van der Waals surface area contributed by atoms with Gasteiger partial charge in [0.2, 0.25) is 0 Å². The van der Waals surface area contributed by atoms with Gasteiger partial charge in [0, 0.05) is 11.8 Å². The Bertz CT molecular complexity index is 275. The lowest BCUT2D eigenvalue weighted by atomic mass is 9.98. The third kappa shape index (κ3) is 9.60. The van der Waals surface area contributed by atoms with Gasteiger partial charge >= 0.3 is 0 Å². The quantitative estimate of drug-likeness (QED) is 0.659. The molecule has 0 aliphatic carbocycles. The monoisotopic (exact) mass is 263 g/mol. The first-order chi connectivity index (χ1) is 7.91. The molecular formula is C13H29NO2S. The summed E-state index contributed by atoms with van der Waals surface area (Å²) in [5.41, 5.74) is 0. The van der Waals surface area contributed by atoms with E-state index in [1.54, 1.807) is 6.92 Å². The summed E-state index contributed by atoms with van der Waals surface area (Å²) in [6.45, 7) is 9.37. The molecule has 2 atom stereocenters. The van der Waals surface area contributed by atoms with Crippen molar-refractivity contribution in [3.8, 4) is 0 Å². The lowest BCUT2D eigenvalue weighted by Gasteiger charge is -2.18. The van der Waals surface area contributed by atoms with Crippen LogP contribution in [0, 0.1) is 5.92 Å².